The lowest BCUT2D eigenvalue weighted by atomic mass is 10.0. The second kappa shape index (κ2) is 8.29. The van der Waals surface area contributed by atoms with Crippen molar-refractivity contribution in [3.05, 3.63) is 36.0 Å². The van der Waals surface area contributed by atoms with Crippen molar-refractivity contribution in [1.82, 2.24) is 15.2 Å². The number of hydrogen-bond donors (Lipinski definition) is 2. The first-order valence-corrected chi connectivity index (χ1v) is 11.8. The van der Waals surface area contributed by atoms with E-state index in [1.165, 1.54) is 0 Å². The molecule has 9 heteroatoms. The van der Waals surface area contributed by atoms with E-state index in [2.05, 4.69) is 10.6 Å². The first-order valence-electron chi connectivity index (χ1n) is 9.97. The molecular weight excluding hydrogens is 406 g/mol. The third-order valence-corrected chi connectivity index (χ3v) is 6.76. The molecule has 0 unspecified atom stereocenters. The van der Waals surface area contributed by atoms with Gasteiger partial charge in [-0.05, 0) is 38.8 Å². The summed E-state index contributed by atoms with van der Waals surface area (Å²) < 4.78 is 30.7. The summed E-state index contributed by atoms with van der Waals surface area (Å²) in [5, 5.41) is 6.43. The maximum absolute atomic E-state index is 13.0. The van der Waals surface area contributed by atoms with Crippen LogP contribution in [-0.2, 0) is 32.8 Å². The Morgan fingerprint density at radius 1 is 1.27 bits per heavy atom. The fourth-order valence-corrected chi connectivity index (χ4v) is 5.35. The Labute approximate surface area is 176 Å². The van der Waals surface area contributed by atoms with E-state index >= 15 is 0 Å². The van der Waals surface area contributed by atoms with Gasteiger partial charge >= 0.3 is 6.09 Å². The smallest absolute Gasteiger partial charge is 0.408 e. The number of fused-ring (bicyclic) bond motifs is 1. The van der Waals surface area contributed by atoms with Crippen molar-refractivity contribution in [2.45, 2.75) is 51.3 Å². The zero-order valence-corrected chi connectivity index (χ0v) is 18.6. The average Bonchev–Trinajstić information content (AvgIpc) is 3.12. The predicted molar refractivity (Wildman–Crippen MR) is 115 cm³/mol. The Morgan fingerprint density at radius 3 is 2.60 bits per heavy atom. The van der Waals surface area contributed by atoms with Crippen molar-refractivity contribution >= 4 is 32.7 Å². The quantitative estimate of drug-likeness (QED) is 0.746. The summed E-state index contributed by atoms with van der Waals surface area (Å²) in [7, 11) is -1.21. The maximum atomic E-state index is 13.0. The molecule has 2 N–H and O–H groups in total. The number of nitrogens with zero attached hydrogens (tertiary/aromatic N) is 1. The number of carbonyl (C=O) groups is 2. The lowest BCUT2D eigenvalue weighted by molar-refractivity contribution is -0.123. The van der Waals surface area contributed by atoms with Gasteiger partial charge in [0.15, 0.2) is 9.84 Å². The Bertz CT molecular complexity index is 1050. The SMILES string of the molecule is Cn1cc(C[C@H](NC(=O)OC(C)(C)C)C(=O)N[C@@H]2CCS(=O)(=O)C2)c2ccccc21. The number of hydrogen-bond acceptors (Lipinski definition) is 5. The van der Waals surface area contributed by atoms with Crippen LogP contribution in [0.2, 0.25) is 0 Å². The van der Waals surface area contributed by atoms with E-state index < -0.39 is 39.5 Å². The van der Waals surface area contributed by atoms with Gasteiger partial charge in [-0.25, -0.2) is 13.2 Å². The van der Waals surface area contributed by atoms with Crippen molar-refractivity contribution in [3.63, 3.8) is 0 Å². The highest BCUT2D eigenvalue weighted by Crippen LogP contribution is 2.22. The van der Waals surface area contributed by atoms with E-state index in [0.29, 0.717) is 6.42 Å². The highest BCUT2D eigenvalue weighted by Gasteiger charge is 2.32. The Hall–Kier alpha value is -2.55. The summed E-state index contributed by atoms with van der Waals surface area (Å²) >= 11 is 0. The van der Waals surface area contributed by atoms with Gasteiger partial charge in [-0.2, -0.15) is 0 Å². The number of para-hydroxylation sites is 1. The fraction of sp³-hybridized carbons (Fsp3) is 0.524. The van der Waals surface area contributed by atoms with Crippen LogP contribution in [0.25, 0.3) is 10.9 Å². The minimum Gasteiger partial charge on any atom is -0.444 e. The number of sulfone groups is 1. The van der Waals surface area contributed by atoms with Gasteiger partial charge in [0.05, 0.1) is 11.5 Å². The van der Waals surface area contributed by atoms with Crippen LogP contribution < -0.4 is 10.6 Å². The third-order valence-electron chi connectivity index (χ3n) is 4.99. The molecule has 30 heavy (non-hydrogen) atoms. The van der Waals surface area contributed by atoms with Crippen LogP contribution in [-0.4, -0.2) is 54.2 Å². The summed E-state index contributed by atoms with van der Waals surface area (Å²) in [5.41, 5.74) is 1.22. The number of carbonyl (C=O) groups excluding carboxylic acids is 2. The molecule has 8 nitrogen and oxygen atoms in total. The molecule has 0 radical (unpaired) electrons. The predicted octanol–water partition coefficient (Wildman–Crippen LogP) is 1.92. The monoisotopic (exact) mass is 435 g/mol. The minimum atomic E-state index is -3.13. The molecule has 3 rings (SSSR count). The molecule has 0 aliphatic carbocycles. The molecule has 1 aromatic heterocycles. The first-order chi connectivity index (χ1) is 13.9. The van der Waals surface area contributed by atoms with Gasteiger partial charge < -0.3 is 19.9 Å². The normalized spacial score (nSPS) is 19.4. The van der Waals surface area contributed by atoms with Crippen LogP contribution in [0, 0.1) is 0 Å². The van der Waals surface area contributed by atoms with Gasteiger partial charge in [0.25, 0.3) is 0 Å². The number of ether oxygens (including phenoxy) is 1. The highest BCUT2D eigenvalue weighted by atomic mass is 32.2. The van der Waals surface area contributed by atoms with Gasteiger partial charge in [-0.3, -0.25) is 4.79 Å². The number of rotatable bonds is 5. The summed E-state index contributed by atoms with van der Waals surface area (Å²) in [6, 6.07) is 6.48. The molecule has 1 aliphatic heterocycles. The van der Waals surface area contributed by atoms with Gasteiger partial charge in [0, 0.05) is 36.6 Å². The number of aryl methyl sites for hydroxylation is 1. The molecule has 0 saturated carbocycles. The van der Waals surface area contributed by atoms with Gasteiger partial charge in [0.2, 0.25) is 5.91 Å². The van der Waals surface area contributed by atoms with E-state index in [1.807, 2.05) is 42.1 Å². The summed E-state index contributed by atoms with van der Waals surface area (Å²) in [5.74, 6) is -0.437. The lowest BCUT2D eigenvalue weighted by Crippen LogP contribution is -2.51. The van der Waals surface area contributed by atoms with Crippen molar-refractivity contribution in [3.8, 4) is 0 Å². The van der Waals surface area contributed by atoms with Crippen molar-refractivity contribution in [2.24, 2.45) is 7.05 Å². The van der Waals surface area contributed by atoms with Crippen LogP contribution in [0.1, 0.15) is 32.8 Å². The van der Waals surface area contributed by atoms with Gasteiger partial charge in [-0.15, -0.1) is 0 Å². The maximum Gasteiger partial charge on any atom is 0.408 e. The summed E-state index contributed by atoms with van der Waals surface area (Å²) in [6.07, 6.45) is 1.87. The molecule has 1 aliphatic rings. The van der Waals surface area contributed by atoms with E-state index in [1.54, 1.807) is 20.8 Å². The van der Waals surface area contributed by atoms with E-state index in [4.69, 9.17) is 4.74 Å². The molecule has 1 saturated heterocycles. The molecular formula is C21H29N3O5S. The molecule has 0 bridgehead atoms. The van der Waals surface area contributed by atoms with Crippen LogP contribution >= 0.6 is 0 Å². The largest absolute Gasteiger partial charge is 0.444 e. The van der Waals surface area contributed by atoms with E-state index in [9.17, 15) is 18.0 Å². The van der Waals surface area contributed by atoms with Crippen molar-refractivity contribution in [1.29, 1.82) is 0 Å². The molecule has 0 spiro atoms. The number of nitrogens with one attached hydrogen (secondary N) is 2. The topological polar surface area (TPSA) is 106 Å². The number of aromatic nitrogens is 1. The van der Waals surface area contributed by atoms with E-state index in [-0.39, 0.29) is 17.9 Å². The molecule has 2 aromatic rings. The highest BCUT2D eigenvalue weighted by molar-refractivity contribution is 7.91. The zero-order valence-electron chi connectivity index (χ0n) is 17.8. The number of alkyl carbamates (subject to hydrolysis) is 1. The zero-order chi connectivity index (χ0) is 22.1. The van der Waals surface area contributed by atoms with Crippen molar-refractivity contribution in [2.75, 3.05) is 11.5 Å². The Kier molecular flexibility index (Phi) is 6.12. The van der Waals surface area contributed by atoms with Crippen molar-refractivity contribution < 1.29 is 22.7 Å². The van der Waals surface area contributed by atoms with Crippen LogP contribution in [0.3, 0.4) is 0 Å². The summed E-state index contributed by atoms with van der Waals surface area (Å²) in [6.45, 7) is 5.24. The molecule has 2 atom stereocenters. The minimum absolute atomic E-state index is 0.0609. The van der Waals surface area contributed by atoms with Gasteiger partial charge in [-0.1, -0.05) is 18.2 Å². The third kappa shape index (κ3) is 5.53. The van der Waals surface area contributed by atoms with Gasteiger partial charge in [0.1, 0.15) is 11.6 Å². The lowest BCUT2D eigenvalue weighted by Gasteiger charge is -2.24. The standard InChI is InChI=1S/C21H29N3O5S/c1-21(2,3)29-20(26)23-17(19(25)22-15-9-10-30(27,28)13-15)11-14-12-24(4)18-8-6-5-7-16(14)18/h5-8,12,15,17H,9-11,13H2,1-4H3,(H,22,25)(H,23,26)/t15-,17+/m1/s1. The number of amides is 2. The molecule has 1 aromatic carbocycles. The van der Waals surface area contributed by atoms with Crippen LogP contribution in [0.5, 0.6) is 0 Å². The summed E-state index contributed by atoms with van der Waals surface area (Å²) in [4.78, 5) is 25.3. The second-order valence-corrected chi connectivity index (χ2v) is 11.0. The molecule has 2 heterocycles. The molecule has 1 fully saturated rings. The number of benzene rings is 1. The fourth-order valence-electron chi connectivity index (χ4n) is 3.68. The van der Waals surface area contributed by atoms with E-state index in [0.717, 1.165) is 16.5 Å². The second-order valence-electron chi connectivity index (χ2n) is 8.79. The molecule has 164 valence electrons. The average molecular weight is 436 g/mol. The van der Waals surface area contributed by atoms with Crippen LogP contribution in [0.4, 0.5) is 4.79 Å². The Morgan fingerprint density at radius 2 is 1.97 bits per heavy atom. The van der Waals surface area contributed by atoms with Crippen LogP contribution in [0.15, 0.2) is 30.5 Å². The Balaban J connectivity index is 1.81. The molecule has 2 amide bonds. The first kappa shape index (κ1) is 22.1.